The summed E-state index contributed by atoms with van der Waals surface area (Å²) in [5.74, 6) is 0. The van der Waals surface area contributed by atoms with Gasteiger partial charge in [0.25, 0.3) is 0 Å². The molecule has 0 amide bonds. The van der Waals surface area contributed by atoms with E-state index < -0.39 is 0 Å². The van der Waals surface area contributed by atoms with Crippen molar-refractivity contribution in [1.82, 2.24) is 0 Å². The van der Waals surface area contributed by atoms with Crippen LogP contribution in [0.4, 0.5) is 0 Å². The molecule has 23 heavy (non-hydrogen) atoms. The molecule has 1 fully saturated rings. The fourth-order valence-corrected chi connectivity index (χ4v) is 3.22. The smallest absolute Gasteiger partial charge is 0.0991 e. The highest BCUT2D eigenvalue weighted by molar-refractivity contribution is 4.95. The van der Waals surface area contributed by atoms with Gasteiger partial charge >= 0.3 is 0 Å². The van der Waals surface area contributed by atoms with Gasteiger partial charge in [-0.15, -0.1) is 0 Å². The zero-order chi connectivity index (χ0) is 16.4. The molecule has 136 valence electrons. The zero-order valence-electron chi connectivity index (χ0n) is 15.9. The monoisotopic (exact) mass is 322 g/mol. The van der Waals surface area contributed by atoms with E-state index in [1.165, 1.54) is 109 Å². The molecule has 0 saturated carbocycles. The van der Waals surface area contributed by atoms with Crippen LogP contribution in [-0.2, 0) is 4.74 Å². The van der Waals surface area contributed by atoms with Crippen molar-refractivity contribution in [2.75, 3.05) is 6.61 Å². The predicted octanol–water partition coefficient (Wildman–Crippen LogP) is 7.59. The van der Waals surface area contributed by atoms with Gasteiger partial charge in [-0.2, -0.15) is 0 Å². The lowest BCUT2D eigenvalue weighted by atomic mass is 10.0. The van der Waals surface area contributed by atoms with Crippen LogP contribution in [0.5, 0.6) is 0 Å². The van der Waals surface area contributed by atoms with Gasteiger partial charge in [0.1, 0.15) is 0 Å². The van der Waals surface area contributed by atoms with Crippen molar-refractivity contribution in [2.45, 2.75) is 122 Å². The molecule has 0 spiro atoms. The van der Waals surface area contributed by atoms with Gasteiger partial charge in [-0.25, -0.2) is 0 Å². The number of hydrogen-bond donors (Lipinski definition) is 0. The van der Waals surface area contributed by atoms with E-state index in [0.717, 1.165) is 6.61 Å². The van der Waals surface area contributed by atoms with Crippen LogP contribution in [0.25, 0.3) is 0 Å². The highest BCUT2D eigenvalue weighted by atomic mass is 16.6. The second kappa shape index (κ2) is 16.6. The first-order valence-corrected chi connectivity index (χ1v) is 10.7. The molecule has 0 aromatic heterocycles. The number of epoxide rings is 1. The molecule has 1 nitrogen and oxygen atoms in total. The molecule has 0 aliphatic carbocycles. The summed E-state index contributed by atoms with van der Waals surface area (Å²) in [5, 5.41) is 0. The third kappa shape index (κ3) is 16.3. The third-order valence-corrected chi connectivity index (χ3v) is 4.93. The average molecular weight is 323 g/mol. The van der Waals surface area contributed by atoms with Crippen LogP contribution in [-0.4, -0.2) is 12.7 Å². The highest BCUT2D eigenvalue weighted by Gasteiger charge is 2.17. The second-order valence-electron chi connectivity index (χ2n) is 7.39. The van der Waals surface area contributed by atoms with E-state index in [0.29, 0.717) is 6.10 Å². The highest BCUT2D eigenvalue weighted by Crippen LogP contribution is 2.14. The Labute approximate surface area is 146 Å². The molecule has 0 bridgehead atoms. The minimum Gasteiger partial charge on any atom is -0.369 e. The number of unbranched alkanes of at least 4 members (excludes halogenated alkanes) is 16. The summed E-state index contributed by atoms with van der Waals surface area (Å²) < 4.78 is 5.15. The van der Waals surface area contributed by atoms with Crippen LogP contribution in [0.3, 0.4) is 0 Å². The Balaban J connectivity index is 1.62. The average Bonchev–Trinajstić information content (AvgIpc) is 3.38. The minimum atomic E-state index is 0.469. The summed E-state index contributed by atoms with van der Waals surface area (Å²) in [6.45, 7) is 3.25. The standard InChI is InChI=1S/C22H42O/c1-2-3-4-5-6-7-8-9-10-11-12-13-14-15-16-17-18-19-20-22-21-23-22/h19-20,22H,2-18,21H2,1H3. The lowest BCUT2D eigenvalue weighted by Crippen LogP contribution is -1.83. The normalized spacial score (nSPS) is 17.2. The number of rotatable bonds is 18. The molecule has 1 aliphatic rings. The van der Waals surface area contributed by atoms with Crippen LogP contribution in [0.2, 0.25) is 0 Å². The summed E-state index contributed by atoms with van der Waals surface area (Å²) in [6, 6.07) is 0. The molecule has 0 N–H and O–H groups in total. The first-order chi connectivity index (χ1) is 11.4. The maximum atomic E-state index is 5.15. The van der Waals surface area contributed by atoms with Crippen LogP contribution in [0.15, 0.2) is 12.2 Å². The lowest BCUT2D eigenvalue weighted by molar-refractivity contribution is 0.439. The van der Waals surface area contributed by atoms with Crippen LogP contribution >= 0.6 is 0 Å². The van der Waals surface area contributed by atoms with Gasteiger partial charge in [0, 0.05) is 0 Å². The zero-order valence-corrected chi connectivity index (χ0v) is 15.9. The molecule has 0 radical (unpaired) electrons. The van der Waals surface area contributed by atoms with Gasteiger partial charge in [-0.3, -0.25) is 0 Å². The Kier molecular flexibility index (Phi) is 14.9. The first kappa shape index (κ1) is 20.7. The van der Waals surface area contributed by atoms with E-state index in [1.54, 1.807) is 0 Å². The molecule has 1 atom stereocenters. The summed E-state index contributed by atoms with van der Waals surface area (Å²) in [5.41, 5.74) is 0. The Morgan fingerprint density at radius 1 is 0.652 bits per heavy atom. The van der Waals surface area contributed by atoms with Gasteiger partial charge in [-0.05, 0) is 12.8 Å². The Hall–Kier alpha value is -0.300. The third-order valence-electron chi connectivity index (χ3n) is 4.93. The van der Waals surface area contributed by atoms with Crippen LogP contribution in [0.1, 0.15) is 116 Å². The largest absolute Gasteiger partial charge is 0.369 e. The number of allylic oxidation sites excluding steroid dienone is 1. The molecular formula is C22H42O. The Bertz CT molecular complexity index is 255. The topological polar surface area (TPSA) is 12.5 Å². The number of hydrogen-bond acceptors (Lipinski definition) is 1. The van der Waals surface area contributed by atoms with E-state index in [4.69, 9.17) is 4.74 Å². The number of ether oxygens (including phenoxy) is 1. The quantitative estimate of drug-likeness (QED) is 0.144. The molecule has 1 unspecified atom stereocenters. The van der Waals surface area contributed by atoms with E-state index >= 15 is 0 Å². The molecule has 1 aliphatic heterocycles. The molecule has 0 aromatic rings. The Morgan fingerprint density at radius 2 is 1.04 bits per heavy atom. The van der Waals surface area contributed by atoms with E-state index in [2.05, 4.69) is 19.1 Å². The van der Waals surface area contributed by atoms with Crippen molar-refractivity contribution >= 4 is 0 Å². The maximum absolute atomic E-state index is 5.15. The summed E-state index contributed by atoms with van der Waals surface area (Å²) in [7, 11) is 0. The minimum absolute atomic E-state index is 0.469. The first-order valence-electron chi connectivity index (χ1n) is 10.7. The maximum Gasteiger partial charge on any atom is 0.0991 e. The summed E-state index contributed by atoms with van der Waals surface area (Å²) in [4.78, 5) is 0. The van der Waals surface area contributed by atoms with Gasteiger partial charge in [0.15, 0.2) is 0 Å². The fourth-order valence-electron chi connectivity index (χ4n) is 3.22. The molecular weight excluding hydrogens is 280 g/mol. The SMILES string of the molecule is CCCCCCCCCCCCCCCCCCC=CC1CO1. The van der Waals surface area contributed by atoms with Crippen molar-refractivity contribution in [3.63, 3.8) is 0 Å². The predicted molar refractivity (Wildman–Crippen MR) is 103 cm³/mol. The summed E-state index contributed by atoms with van der Waals surface area (Å²) in [6.07, 6.45) is 29.4. The van der Waals surface area contributed by atoms with Crippen LogP contribution < -0.4 is 0 Å². The molecule has 1 rings (SSSR count). The molecule has 0 aromatic carbocycles. The van der Waals surface area contributed by atoms with Crippen molar-refractivity contribution < 1.29 is 4.74 Å². The Morgan fingerprint density at radius 3 is 1.43 bits per heavy atom. The molecule has 1 heterocycles. The van der Waals surface area contributed by atoms with Crippen LogP contribution in [0, 0.1) is 0 Å². The van der Waals surface area contributed by atoms with Crippen molar-refractivity contribution in [1.29, 1.82) is 0 Å². The second-order valence-corrected chi connectivity index (χ2v) is 7.39. The lowest BCUT2D eigenvalue weighted by Gasteiger charge is -2.03. The van der Waals surface area contributed by atoms with E-state index in [9.17, 15) is 0 Å². The molecule has 1 heteroatoms. The van der Waals surface area contributed by atoms with Gasteiger partial charge in [0.05, 0.1) is 12.7 Å². The van der Waals surface area contributed by atoms with E-state index in [-0.39, 0.29) is 0 Å². The van der Waals surface area contributed by atoms with Crippen molar-refractivity contribution in [3.8, 4) is 0 Å². The van der Waals surface area contributed by atoms with E-state index in [1.807, 2.05) is 0 Å². The van der Waals surface area contributed by atoms with Crippen molar-refractivity contribution in [2.24, 2.45) is 0 Å². The molecule has 1 saturated heterocycles. The summed E-state index contributed by atoms with van der Waals surface area (Å²) >= 11 is 0. The fraction of sp³-hybridized carbons (Fsp3) is 0.909. The van der Waals surface area contributed by atoms with Gasteiger partial charge < -0.3 is 4.74 Å². The van der Waals surface area contributed by atoms with Crippen molar-refractivity contribution in [3.05, 3.63) is 12.2 Å². The van der Waals surface area contributed by atoms with Gasteiger partial charge in [0.2, 0.25) is 0 Å². The van der Waals surface area contributed by atoms with Gasteiger partial charge in [-0.1, -0.05) is 115 Å².